The Morgan fingerprint density at radius 2 is 1.60 bits per heavy atom. The first-order valence-corrected chi connectivity index (χ1v) is 30.3. The minimum Gasteiger partial charge on any atom is -0.469 e. The van der Waals surface area contributed by atoms with Gasteiger partial charge in [-0.15, -0.1) is 0 Å². The van der Waals surface area contributed by atoms with E-state index in [4.69, 9.17) is 23.4 Å². The van der Waals surface area contributed by atoms with Crippen LogP contribution >= 0.6 is 0 Å². The van der Waals surface area contributed by atoms with Gasteiger partial charge in [-0.25, -0.2) is 4.79 Å². The van der Waals surface area contributed by atoms with Gasteiger partial charge in [-0.1, -0.05) is 88.3 Å². The molecule has 12 nitrogen and oxygen atoms in total. The van der Waals surface area contributed by atoms with Crippen LogP contribution in [0.1, 0.15) is 159 Å². The number of fused-ring (bicyclic) bond motifs is 6. The number of aliphatic hydroxyl groups is 2. The third-order valence-electron chi connectivity index (χ3n) is 25.1. The number of epoxide rings is 1. The molecule has 3 N–H and O–H groups in total. The van der Waals surface area contributed by atoms with Crippen LogP contribution < -0.4 is 5.32 Å². The maximum atomic E-state index is 16.7. The highest BCUT2D eigenvalue weighted by molar-refractivity contribution is 5.93. The smallest absolute Gasteiger partial charge is 0.339 e. The van der Waals surface area contributed by atoms with E-state index in [-0.39, 0.29) is 42.0 Å². The molecule has 20 unspecified atom stereocenters. The average molecular weight is 1030 g/mol. The van der Waals surface area contributed by atoms with Gasteiger partial charge >= 0.3 is 11.9 Å². The third kappa shape index (κ3) is 6.38. The van der Waals surface area contributed by atoms with Crippen LogP contribution in [0.4, 0.5) is 0 Å². The number of carbonyl (C=O) groups excluding carboxylic acids is 3. The van der Waals surface area contributed by atoms with Gasteiger partial charge in [0.15, 0.2) is 11.9 Å². The first-order valence-electron chi connectivity index (χ1n) is 30.3. The Morgan fingerprint density at radius 1 is 0.787 bits per heavy atom. The van der Waals surface area contributed by atoms with Crippen LogP contribution in [0.3, 0.4) is 0 Å². The molecule has 1 aromatic heterocycles. The van der Waals surface area contributed by atoms with Crippen LogP contribution in [-0.2, 0) is 46.2 Å². The number of furan rings is 1. The summed E-state index contributed by atoms with van der Waals surface area (Å²) in [7, 11) is 0. The van der Waals surface area contributed by atoms with Crippen LogP contribution in [0.15, 0.2) is 59.4 Å². The normalized spacial score (nSPS) is 49.3. The lowest BCUT2D eigenvalue weighted by atomic mass is 9.32. The Kier molecular flexibility index (Phi) is 11.2. The molecule has 7 heterocycles. The van der Waals surface area contributed by atoms with Crippen LogP contribution in [0.25, 0.3) is 0 Å². The van der Waals surface area contributed by atoms with Crippen molar-refractivity contribution < 1.29 is 48.0 Å². The minimum atomic E-state index is -1.44. The van der Waals surface area contributed by atoms with Crippen molar-refractivity contribution in [2.75, 3.05) is 19.8 Å². The zero-order valence-electron chi connectivity index (χ0n) is 44.5. The SMILES string of the molecule is CC1(C2CCCCC2)OC2C3(CCCC3)C(=O)OCC23C1C(=O)C(O)C1(C2CCCC(Cc4ccccc4)C2)C3CCC2(C)C(c3ccoc3CC3C(O)CCC4CC5C(C=CN6CNCC56)CC43)OC(=O)C3OC321. The van der Waals surface area contributed by atoms with E-state index in [1.165, 1.54) is 12.0 Å². The fourth-order valence-corrected chi connectivity index (χ4v) is 22.2. The number of rotatable bonds is 7. The number of ketones is 1. The maximum absolute atomic E-state index is 16.7. The van der Waals surface area contributed by atoms with Crippen molar-refractivity contribution in [3.8, 4) is 0 Å². The first kappa shape index (κ1) is 48.6. The molecule has 15 rings (SSSR count). The highest BCUT2D eigenvalue weighted by atomic mass is 16.7. The molecule has 12 fully saturated rings. The van der Waals surface area contributed by atoms with E-state index in [0.717, 1.165) is 121 Å². The summed E-state index contributed by atoms with van der Waals surface area (Å²) in [6, 6.07) is 13.2. The van der Waals surface area contributed by atoms with Gasteiger partial charge in [0.25, 0.3) is 0 Å². The van der Waals surface area contributed by atoms with Crippen molar-refractivity contribution in [3.05, 3.63) is 71.8 Å². The summed E-state index contributed by atoms with van der Waals surface area (Å²) in [5, 5.41) is 29.8. The van der Waals surface area contributed by atoms with Crippen molar-refractivity contribution in [1.29, 1.82) is 0 Å². The molecule has 1 aromatic carbocycles. The molecule has 75 heavy (non-hydrogen) atoms. The lowest BCUT2D eigenvalue weighted by Gasteiger charge is -2.71. The van der Waals surface area contributed by atoms with E-state index in [0.29, 0.717) is 67.7 Å². The van der Waals surface area contributed by atoms with Gasteiger partial charge in [-0.3, -0.25) is 14.9 Å². The molecule has 12 heteroatoms. The summed E-state index contributed by atoms with van der Waals surface area (Å²) in [6.07, 6.45) is 20.8. The standard InChI is InChI=1S/C63H82N2O10/c1-58-25-20-49-61-34-72-57(70)60(23-9-10-24-60)56(61)75-59(2,40-15-7-4-8-16-40)51(61)50(67)52(68)62(49,41-17-11-14-37(29-41)28-36-12-5-3-6-13-36)63(58)54(74-63)55(69)73-53(58)42-22-27-71-48(42)32-45-43-30-39-21-26-65-35-64-33-46(65)44(39)31-38(43)18-19-47(45)66/h3,5-6,12-13,21-22,26-27,37-41,43-47,49,51-54,56,64,66,68H,4,7-11,14-20,23-25,28-35H2,1-2H3. The minimum absolute atomic E-state index is 0.0110. The van der Waals surface area contributed by atoms with E-state index in [1.54, 1.807) is 6.26 Å². The summed E-state index contributed by atoms with van der Waals surface area (Å²) in [6.45, 7) is 6.43. The molecule has 13 aliphatic rings. The van der Waals surface area contributed by atoms with Gasteiger partial charge in [-0.05, 0) is 161 Å². The molecule has 20 atom stereocenters. The molecular weight excluding hydrogens is 945 g/mol. The fraction of sp³-hybridized carbons (Fsp3) is 0.762. The Morgan fingerprint density at radius 3 is 2.43 bits per heavy atom. The number of Topliss-reactive ketones (excluding diaryl/α,β-unsaturated/α-hetero) is 1. The lowest BCUT2D eigenvalue weighted by molar-refractivity contribution is -0.285. The zero-order valence-corrected chi connectivity index (χ0v) is 44.5. The summed E-state index contributed by atoms with van der Waals surface area (Å²) < 4.78 is 35.3. The van der Waals surface area contributed by atoms with Crippen LogP contribution in [0, 0.1) is 80.8 Å². The molecular formula is C63H82N2O10. The highest BCUT2D eigenvalue weighted by Gasteiger charge is 2.94. The largest absolute Gasteiger partial charge is 0.469 e. The zero-order chi connectivity index (χ0) is 50.9. The Hall–Kier alpha value is -3.55. The quantitative estimate of drug-likeness (QED) is 0.179. The van der Waals surface area contributed by atoms with Gasteiger partial charge in [0.1, 0.15) is 30.2 Å². The lowest BCUT2D eigenvalue weighted by Crippen LogP contribution is -2.80. The number of carbonyl (C=O) groups is 3. The molecule has 6 aliphatic heterocycles. The summed E-state index contributed by atoms with van der Waals surface area (Å²) in [5.41, 5.74) is -3.97. The predicted molar refractivity (Wildman–Crippen MR) is 276 cm³/mol. The molecule has 0 bridgehead atoms. The molecule has 3 spiro atoms. The summed E-state index contributed by atoms with van der Waals surface area (Å²) in [5.74, 6) is 1.07. The van der Waals surface area contributed by atoms with Crippen LogP contribution in [-0.4, -0.2) is 94.3 Å². The number of aliphatic hydroxyl groups excluding tert-OH is 2. The van der Waals surface area contributed by atoms with Gasteiger partial charge in [0, 0.05) is 40.8 Å². The van der Waals surface area contributed by atoms with E-state index in [9.17, 15) is 15.0 Å². The second-order valence-corrected chi connectivity index (χ2v) is 27.8. The number of esters is 2. The number of cyclic esters (lactones) is 2. The fourth-order valence-electron chi connectivity index (χ4n) is 22.2. The van der Waals surface area contributed by atoms with E-state index in [2.05, 4.69) is 66.7 Å². The van der Waals surface area contributed by atoms with Gasteiger partial charge in [0.05, 0.1) is 42.1 Å². The van der Waals surface area contributed by atoms with Gasteiger partial charge < -0.3 is 38.5 Å². The molecule has 0 radical (unpaired) electrons. The van der Waals surface area contributed by atoms with Crippen molar-refractivity contribution in [2.24, 2.45) is 80.8 Å². The van der Waals surface area contributed by atoms with Crippen molar-refractivity contribution >= 4 is 17.7 Å². The van der Waals surface area contributed by atoms with Crippen molar-refractivity contribution in [1.82, 2.24) is 10.2 Å². The maximum Gasteiger partial charge on any atom is 0.339 e. The van der Waals surface area contributed by atoms with Gasteiger partial charge in [-0.2, -0.15) is 0 Å². The monoisotopic (exact) mass is 1030 g/mol. The third-order valence-corrected chi connectivity index (χ3v) is 25.1. The second-order valence-electron chi connectivity index (χ2n) is 27.8. The Bertz CT molecular complexity index is 2620. The predicted octanol–water partition coefficient (Wildman–Crippen LogP) is 9.20. The Balaban J connectivity index is 0.854. The van der Waals surface area contributed by atoms with Crippen LogP contribution in [0.2, 0.25) is 0 Å². The summed E-state index contributed by atoms with van der Waals surface area (Å²) >= 11 is 0. The topological polar surface area (TPSA) is 160 Å². The molecule has 5 saturated heterocycles. The summed E-state index contributed by atoms with van der Waals surface area (Å²) in [4.78, 5) is 49.1. The van der Waals surface area contributed by atoms with E-state index < -0.39 is 75.3 Å². The van der Waals surface area contributed by atoms with E-state index >= 15 is 9.59 Å². The molecule has 404 valence electrons. The number of allylic oxidation sites excluding steroid dienone is 1. The number of hydrogen-bond acceptors (Lipinski definition) is 12. The number of hydrogen-bond donors (Lipinski definition) is 3. The Labute approximate surface area is 443 Å². The first-order chi connectivity index (χ1) is 36.4. The number of nitrogens with one attached hydrogen (secondary N) is 1. The van der Waals surface area contributed by atoms with Crippen molar-refractivity contribution in [2.45, 2.75) is 196 Å². The number of nitrogens with zero attached hydrogens (tertiary/aromatic N) is 1. The molecule has 2 aromatic rings. The molecule has 7 aliphatic carbocycles. The molecule has 7 saturated carbocycles. The van der Waals surface area contributed by atoms with E-state index in [1.807, 2.05) is 6.07 Å². The van der Waals surface area contributed by atoms with Gasteiger partial charge in [0.2, 0.25) is 0 Å². The molecule has 0 amide bonds. The van der Waals surface area contributed by atoms with Crippen molar-refractivity contribution in [3.63, 3.8) is 0 Å². The number of benzene rings is 1. The highest BCUT2D eigenvalue weighted by Crippen LogP contribution is 2.84. The van der Waals surface area contributed by atoms with Crippen LogP contribution in [0.5, 0.6) is 0 Å². The second kappa shape index (κ2) is 17.2. The average Bonchev–Trinajstić information content (AvgIpc) is 3.24. The number of ether oxygens (including phenoxy) is 4.